The van der Waals surface area contributed by atoms with E-state index in [9.17, 15) is 12.8 Å². The zero-order chi connectivity index (χ0) is 17.7. The molecule has 0 bridgehead atoms. The summed E-state index contributed by atoms with van der Waals surface area (Å²) in [4.78, 5) is 0. The highest BCUT2D eigenvalue weighted by molar-refractivity contribution is 7.89. The lowest BCUT2D eigenvalue weighted by molar-refractivity contribution is 0.130. The Hall–Kier alpha value is -1.92. The number of benzene rings is 2. The number of para-hydroxylation sites is 1. The van der Waals surface area contributed by atoms with Crippen molar-refractivity contribution in [2.24, 2.45) is 0 Å². The summed E-state index contributed by atoms with van der Waals surface area (Å²) in [7, 11) is -3.44. The molecular formula is C19H22FNO3S. The average molecular weight is 363 g/mol. The normalized spacial score (nSPS) is 18.8. The minimum Gasteiger partial charge on any atom is -0.489 e. The van der Waals surface area contributed by atoms with Crippen LogP contribution in [-0.2, 0) is 16.4 Å². The van der Waals surface area contributed by atoms with E-state index in [-0.39, 0.29) is 24.1 Å². The van der Waals surface area contributed by atoms with E-state index < -0.39 is 10.0 Å². The SMILES string of the molecule is O=S(=O)(CCc1ccccc1F)N1CCCC(Oc2ccccc2)C1. The summed E-state index contributed by atoms with van der Waals surface area (Å²) in [5, 5.41) is 0. The summed E-state index contributed by atoms with van der Waals surface area (Å²) in [5.41, 5.74) is 0.431. The second kappa shape index (κ2) is 7.97. The fraction of sp³-hybridized carbons (Fsp3) is 0.368. The van der Waals surface area contributed by atoms with Gasteiger partial charge in [0.1, 0.15) is 17.7 Å². The van der Waals surface area contributed by atoms with Crippen LogP contribution in [0.15, 0.2) is 54.6 Å². The van der Waals surface area contributed by atoms with E-state index in [0.29, 0.717) is 18.7 Å². The number of ether oxygens (including phenoxy) is 1. The molecule has 6 heteroatoms. The van der Waals surface area contributed by atoms with Crippen LogP contribution in [0, 0.1) is 5.82 Å². The molecule has 0 spiro atoms. The van der Waals surface area contributed by atoms with Crippen LogP contribution in [0.5, 0.6) is 5.75 Å². The van der Waals surface area contributed by atoms with E-state index in [1.165, 1.54) is 10.4 Å². The number of nitrogens with zero attached hydrogens (tertiary/aromatic N) is 1. The van der Waals surface area contributed by atoms with Gasteiger partial charge in [-0.2, -0.15) is 4.31 Å². The third-order valence-corrected chi connectivity index (χ3v) is 6.21. The fourth-order valence-electron chi connectivity index (χ4n) is 3.01. The molecule has 1 aliphatic rings. The van der Waals surface area contributed by atoms with Crippen molar-refractivity contribution in [3.63, 3.8) is 0 Å². The first-order chi connectivity index (χ1) is 12.0. The highest BCUT2D eigenvalue weighted by Gasteiger charge is 2.29. The molecule has 1 atom stereocenters. The smallest absolute Gasteiger partial charge is 0.214 e. The van der Waals surface area contributed by atoms with E-state index in [0.717, 1.165) is 18.6 Å². The van der Waals surface area contributed by atoms with Crippen LogP contribution in [0.3, 0.4) is 0 Å². The predicted molar refractivity (Wildman–Crippen MR) is 95.6 cm³/mol. The standard InChI is InChI=1S/C19H22FNO3S/c20-19-11-5-4-7-16(19)12-14-25(22,23)21-13-6-10-18(15-21)24-17-8-2-1-3-9-17/h1-5,7-9,11,18H,6,10,12-15H2. The minimum absolute atomic E-state index is 0.0913. The van der Waals surface area contributed by atoms with E-state index in [1.54, 1.807) is 18.2 Å². The lowest BCUT2D eigenvalue weighted by Crippen LogP contribution is -2.45. The zero-order valence-corrected chi connectivity index (χ0v) is 14.8. The van der Waals surface area contributed by atoms with Gasteiger partial charge in [-0.05, 0) is 43.0 Å². The van der Waals surface area contributed by atoms with Gasteiger partial charge in [-0.25, -0.2) is 12.8 Å². The topological polar surface area (TPSA) is 46.6 Å². The average Bonchev–Trinajstić information content (AvgIpc) is 2.62. The van der Waals surface area contributed by atoms with Crippen molar-refractivity contribution in [1.29, 1.82) is 0 Å². The fourth-order valence-corrected chi connectivity index (χ4v) is 4.55. The van der Waals surface area contributed by atoms with Gasteiger partial charge in [0, 0.05) is 6.54 Å². The van der Waals surface area contributed by atoms with Crippen LogP contribution >= 0.6 is 0 Å². The van der Waals surface area contributed by atoms with E-state index in [1.807, 2.05) is 30.3 Å². The number of sulfonamides is 1. The Labute approximate surface area is 148 Å². The monoisotopic (exact) mass is 363 g/mol. The molecule has 0 saturated carbocycles. The predicted octanol–water partition coefficient (Wildman–Crippen LogP) is 3.24. The summed E-state index contributed by atoms with van der Waals surface area (Å²) >= 11 is 0. The van der Waals surface area contributed by atoms with Crippen molar-refractivity contribution in [3.05, 3.63) is 66.0 Å². The first-order valence-corrected chi connectivity index (χ1v) is 10.1. The van der Waals surface area contributed by atoms with Crippen molar-refractivity contribution in [2.75, 3.05) is 18.8 Å². The molecule has 25 heavy (non-hydrogen) atoms. The highest BCUT2D eigenvalue weighted by atomic mass is 32.2. The van der Waals surface area contributed by atoms with E-state index in [2.05, 4.69) is 0 Å². The molecule has 1 unspecified atom stereocenters. The van der Waals surface area contributed by atoms with E-state index in [4.69, 9.17) is 4.74 Å². The Morgan fingerprint density at radius 3 is 2.56 bits per heavy atom. The Morgan fingerprint density at radius 2 is 1.80 bits per heavy atom. The van der Waals surface area contributed by atoms with Crippen molar-refractivity contribution in [1.82, 2.24) is 4.31 Å². The van der Waals surface area contributed by atoms with Gasteiger partial charge in [0.15, 0.2) is 0 Å². The first-order valence-electron chi connectivity index (χ1n) is 8.47. The lowest BCUT2D eigenvalue weighted by Gasteiger charge is -2.32. The molecule has 1 aliphatic heterocycles. The maximum absolute atomic E-state index is 13.7. The molecular weight excluding hydrogens is 341 g/mol. The molecule has 2 aromatic carbocycles. The van der Waals surface area contributed by atoms with Gasteiger partial charge < -0.3 is 4.74 Å². The second-order valence-electron chi connectivity index (χ2n) is 6.21. The molecule has 134 valence electrons. The van der Waals surface area contributed by atoms with E-state index >= 15 is 0 Å². The van der Waals surface area contributed by atoms with Gasteiger partial charge in [-0.15, -0.1) is 0 Å². The molecule has 0 aromatic heterocycles. The van der Waals surface area contributed by atoms with Crippen LogP contribution in [-0.4, -0.2) is 37.7 Å². The van der Waals surface area contributed by atoms with Gasteiger partial charge in [0.2, 0.25) is 10.0 Å². The molecule has 0 N–H and O–H groups in total. The number of halogens is 1. The first kappa shape index (κ1) is 17.9. The number of hydrogen-bond acceptors (Lipinski definition) is 3. The van der Waals surface area contributed by atoms with Gasteiger partial charge in [0.25, 0.3) is 0 Å². The van der Waals surface area contributed by atoms with Crippen molar-refractivity contribution < 1.29 is 17.5 Å². The van der Waals surface area contributed by atoms with Crippen LogP contribution in [0.1, 0.15) is 18.4 Å². The van der Waals surface area contributed by atoms with Gasteiger partial charge in [0.05, 0.1) is 12.3 Å². The molecule has 2 aromatic rings. The third-order valence-electron chi connectivity index (χ3n) is 4.37. The Balaban J connectivity index is 1.60. The summed E-state index contributed by atoms with van der Waals surface area (Å²) in [6, 6.07) is 15.7. The lowest BCUT2D eigenvalue weighted by atomic mass is 10.1. The Kier molecular flexibility index (Phi) is 5.71. The number of hydrogen-bond donors (Lipinski definition) is 0. The maximum Gasteiger partial charge on any atom is 0.214 e. The summed E-state index contributed by atoms with van der Waals surface area (Å²) in [6.45, 7) is 0.836. The Morgan fingerprint density at radius 1 is 1.08 bits per heavy atom. The third kappa shape index (κ3) is 4.80. The minimum atomic E-state index is -3.44. The molecule has 3 rings (SSSR count). The van der Waals surface area contributed by atoms with Gasteiger partial charge >= 0.3 is 0 Å². The maximum atomic E-state index is 13.7. The van der Waals surface area contributed by atoms with Crippen LogP contribution in [0.4, 0.5) is 4.39 Å². The van der Waals surface area contributed by atoms with Gasteiger partial charge in [-0.1, -0.05) is 36.4 Å². The molecule has 1 saturated heterocycles. The van der Waals surface area contributed by atoms with Crippen molar-refractivity contribution in [2.45, 2.75) is 25.4 Å². The summed E-state index contributed by atoms with van der Waals surface area (Å²) in [6.07, 6.45) is 1.61. The zero-order valence-electron chi connectivity index (χ0n) is 14.0. The Bertz CT molecular complexity index is 795. The molecule has 1 fully saturated rings. The summed E-state index contributed by atoms with van der Waals surface area (Å²) < 4.78 is 46.3. The number of rotatable bonds is 6. The molecule has 0 aliphatic carbocycles. The quantitative estimate of drug-likeness (QED) is 0.792. The van der Waals surface area contributed by atoms with Crippen LogP contribution in [0.25, 0.3) is 0 Å². The molecule has 4 nitrogen and oxygen atoms in total. The van der Waals surface area contributed by atoms with Gasteiger partial charge in [-0.3, -0.25) is 0 Å². The van der Waals surface area contributed by atoms with Crippen LogP contribution < -0.4 is 4.74 Å². The highest BCUT2D eigenvalue weighted by Crippen LogP contribution is 2.21. The number of aryl methyl sites for hydroxylation is 1. The number of piperidine rings is 1. The molecule has 1 heterocycles. The van der Waals surface area contributed by atoms with Crippen molar-refractivity contribution >= 4 is 10.0 Å². The largest absolute Gasteiger partial charge is 0.489 e. The van der Waals surface area contributed by atoms with Crippen molar-refractivity contribution in [3.8, 4) is 5.75 Å². The van der Waals surface area contributed by atoms with Crippen LogP contribution in [0.2, 0.25) is 0 Å². The summed E-state index contributed by atoms with van der Waals surface area (Å²) in [5.74, 6) is 0.297. The molecule has 0 amide bonds. The molecule has 0 radical (unpaired) electrons. The second-order valence-corrected chi connectivity index (χ2v) is 8.30.